The van der Waals surface area contributed by atoms with Gasteiger partial charge in [0, 0.05) is 22.4 Å². The predicted molar refractivity (Wildman–Crippen MR) is 76.9 cm³/mol. The van der Waals surface area contributed by atoms with Gasteiger partial charge in [-0.25, -0.2) is 4.99 Å². The minimum atomic E-state index is 0.0715. The minimum absolute atomic E-state index is 0.0715. The van der Waals surface area contributed by atoms with E-state index in [1.165, 1.54) is 0 Å². The van der Waals surface area contributed by atoms with Gasteiger partial charge in [-0.1, -0.05) is 28.1 Å². The summed E-state index contributed by atoms with van der Waals surface area (Å²) < 4.78 is 18.0. The second-order valence-corrected chi connectivity index (χ2v) is 5.01. The molecule has 4 nitrogen and oxygen atoms in total. The minimum Gasteiger partial charge on any atom is -0.376 e. The van der Waals surface area contributed by atoms with Crippen LogP contribution >= 0.6 is 28.1 Å². The first-order chi connectivity index (χ1) is 8.63. The van der Waals surface area contributed by atoms with Crippen molar-refractivity contribution in [3.8, 4) is 0 Å². The highest BCUT2D eigenvalue weighted by atomic mass is 79.9. The molecule has 0 aliphatic rings. The summed E-state index contributed by atoms with van der Waals surface area (Å²) in [5, 5.41) is 0. The van der Waals surface area contributed by atoms with E-state index in [0.29, 0.717) is 25.5 Å². The number of nitrogens with zero attached hydrogens (tertiary/aromatic N) is 1. The van der Waals surface area contributed by atoms with Crippen molar-refractivity contribution in [2.75, 3.05) is 12.4 Å². The lowest BCUT2D eigenvalue weighted by atomic mass is 10.1. The fraction of sp³-hybridized carbons (Fsp3) is 0.364. The van der Waals surface area contributed by atoms with Crippen molar-refractivity contribution in [2.24, 2.45) is 16.5 Å². The van der Waals surface area contributed by atoms with Gasteiger partial charge in [-0.2, -0.15) is 3.89 Å². The van der Waals surface area contributed by atoms with E-state index in [1.54, 1.807) is 0 Å². The summed E-state index contributed by atoms with van der Waals surface area (Å²) in [7, 11) is 0. The molecule has 100 valence electrons. The second-order valence-electron chi connectivity index (χ2n) is 3.53. The summed E-state index contributed by atoms with van der Waals surface area (Å²) in [6.07, 6.45) is 0. The molecule has 0 saturated heterocycles. The Kier molecular flexibility index (Phi) is 7.07. The van der Waals surface area contributed by atoms with Crippen LogP contribution in [-0.2, 0) is 17.9 Å². The second kappa shape index (κ2) is 8.34. The van der Waals surface area contributed by atoms with E-state index in [9.17, 15) is 3.89 Å². The highest BCUT2D eigenvalue weighted by molar-refractivity contribution is 9.10. The van der Waals surface area contributed by atoms with Crippen LogP contribution in [0.5, 0.6) is 0 Å². The number of halogens is 2. The Bertz CT molecular complexity index is 413. The molecule has 1 aromatic rings. The summed E-state index contributed by atoms with van der Waals surface area (Å²) in [5.41, 5.74) is 12.5. The third kappa shape index (κ3) is 5.70. The number of ether oxygens (including phenoxy) is 1. The summed E-state index contributed by atoms with van der Waals surface area (Å²) in [5.74, 6) is 0.419. The maximum atomic E-state index is 11.8. The van der Waals surface area contributed by atoms with E-state index in [0.717, 1.165) is 15.6 Å². The van der Waals surface area contributed by atoms with Crippen molar-refractivity contribution >= 4 is 34.0 Å². The van der Waals surface area contributed by atoms with Crippen molar-refractivity contribution < 1.29 is 8.62 Å². The number of aliphatic imine (C=N–C) groups is 1. The molecule has 0 fully saturated rings. The highest BCUT2D eigenvalue weighted by Gasteiger charge is 2.02. The number of benzene rings is 1. The SMILES string of the molecule is NC(N)=NCc1ccc(COCCSF)c(Br)c1. The molecule has 0 unspecified atom stereocenters. The molecule has 7 heteroatoms. The lowest BCUT2D eigenvalue weighted by Gasteiger charge is -2.07. The predicted octanol–water partition coefficient (Wildman–Crippen LogP) is 2.36. The third-order valence-corrected chi connectivity index (χ3v) is 3.18. The molecule has 0 atom stereocenters. The Labute approximate surface area is 118 Å². The van der Waals surface area contributed by atoms with Crippen molar-refractivity contribution in [1.82, 2.24) is 0 Å². The van der Waals surface area contributed by atoms with Crippen LogP contribution in [0.3, 0.4) is 0 Å². The fourth-order valence-corrected chi connectivity index (χ4v) is 1.98. The molecule has 18 heavy (non-hydrogen) atoms. The quantitative estimate of drug-likeness (QED) is 0.455. The van der Waals surface area contributed by atoms with E-state index in [-0.39, 0.29) is 18.1 Å². The Morgan fingerprint density at radius 3 is 2.83 bits per heavy atom. The first-order valence-electron chi connectivity index (χ1n) is 5.27. The van der Waals surface area contributed by atoms with Gasteiger partial charge >= 0.3 is 0 Å². The topological polar surface area (TPSA) is 73.6 Å². The summed E-state index contributed by atoms with van der Waals surface area (Å²) >= 11 is 3.73. The van der Waals surface area contributed by atoms with E-state index >= 15 is 0 Å². The van der Waals surface area contributed by atoms with Crippen LogP contribution in [0.1, 0.15) is 11.1 Å². The number of guanidine groups is 1. The number of rotatable bonds is 7. The Morgan fingerprint density at radius 2 is 2.22 bits per heavy atom. The van der Waals surface area contributed by atoms with E-state index < -0.39 is 0 Å². The van der Waals surface area contributed by atoms with Crippen LogP contribution in [0.25, 0.3) is 0 Å². The number of hydrogen-bond acceptors (Lipinski definition) is 3. The molecule has 0 radical (unpaired) electrons. The number of nitrogens with two attached hydrogens (primary N) is 2. The summed E-state index contributed by atoms with van der Waals surface area (Å²) in [4.78, 5) is 3.93. The van der Waals surface area contributed by atoms with E-state index in [4.69, 9.17) is 16.2 Å². The van der Waals surface area contributed by atoms with Crippen LogP contribution in [-0.4, -0.2) is 18.3 Å². The van der Waals surface area contributed by atoms with Crippen molar-refractivity contribution in [2.45, 2.75) is 13.2 Å². The van der Waals surface area contributed by atoms with Crippen LogP contribution in [0.15, 0.2) is 27.7 Å². The summed E-state index contributed by atoms with van der Waals surface area (Å²) in [6, 6.07) is 5.80. The molecule has 1 aromatic carbocycles. The molecule has 0 aromatic heterocycles. The van der Waals surface area contributed by atoms with Gasteiger partial charge in [0.1, 0.15) is 0 Å². The largest absolute Gasteiger partial charge is 0.376 e. The fourth-order valence-electron chi connectivity index (χ4n) is 1.26. The first kappa shape index (κ1) is 15.3. The number of hydrogen-bond donors (Lipinski definition) is 2. The van der Waals surface area contributed by atoms with Gasteiger partial charge in [-0.15, -0.1) is 0 Å². The molecule has 0 amide bonds. The van der Waals surface area contributed by atoms with Crippen molar-refractivity contribution in [3.05, 3.63) is 33.8 Å². The maximum absolute atomic E-state index is 11.8. The molecule has 1 rings (SSSR count). The average molecular weight is 336 g/mol. The van der Waals surface area contributed by atoms with Crippen molar-refractivity contribution in [3.63, 3.8) is 0 Å². The van der Waals surface area contributed by atoms with Gasteiger partial charge in [-0.3, -0.25) is 0 Å². The zero-order valence-electron chi connectivity index (χ0n) is 9.73. The zero-order valence-corrected chi connectivity index (χ0v) is 12.1. The Balaban J connectivity index is 2.54. The van der Waals surface area contributed by atoms with Crippen molar-refractivity contribution in [1.29, 1.82) is 0 Å². The monoisotopic (exact) mass is 335 g/mol. The highest BCUT2D eigenvalue weighted by Crippen LogP contribution is 2.20. The third-order valence-electron chi connectivity index (χ3n) is 2.12. The Morgan fingerprint density at radius 1 is 1.44 bits per heavy atom. The first-order valence-corrected chi connectivity index (χ1v) is 6.95. The van der Waals surface area contributed by atoms with E-state index in [2.05, 4.69) is 20.9 Å². The molecule has 0 saturated carbocycles. The van der Waals surface area contributed by atoms with Gasteiger partial charge in [-0.05, 0) is 17.2 Å². The van der Waals surface area contributed by atoms with Gasteiger partial charge in [0.05, 0.1) is 19.8 Å². The van der Waals surface area contributed by atoms with Gasteiger partial charge < -0.3 is 16.2 Å². The lowest BCUT2D eigenvalue weighted by molar-refractivity contribution is 0.136. The maximum Gasteiger partial charge on any atom is 0.186 e. The Hall–Kier alpha value is -0.790. The normalized spacial score (nSPS) is 10.3. The standard InChI is InChI=1S/C11H15BrFN3OS/c12-10-5-8(6-16-11(14)15)1-2-9(10)7-17-3-4-18-13/h1-2,5H,3-4,6-7H2,(H4,14,15,16). The molecular weight excluding hydrogens is 321 g/mol. The van der Waals surface area contributed by atoms with E-state index in [1.807, 2.05) is 18.2 Å². The lowest BCUT2D eigenvalue weighted by Crippen LogP contribution is -2.22. The van der Waals surface area contributed by atoms with Crippen LogP contribution in [0.4, 0.5) is 3.89 Å². The average Bonchev–Trinajstić information content (AvgIpc) is 2.34. The molecular formula is C11H15BrFN3OS. The van der Waals surface area contributed by atoms with Gasteiger partial charge in [0.25, 0.3) is 0 Å². The van der Waals surface area contributed by atoms with Crippen LogP contribution in [0.2, 0.25) is 0 Å². The molecule has 0 bridgehead atoms. The smallest absolute Gasteiger partial charge is 0.186 e. The molecule has 0 aliphatic heterocycles. The zero-order chi connectivity index (χ0) is 13.4. The van der Waals surface area contributed by atoms with Gasteiger partial charge in [0.2, 0.25) is 0 Å². The molecule has 4 N–H and O–H groups in total. The van der Waals surface area contributed by atoms with Crippen LogP contribution < -0.4 is 11.5 Å². The van der Waals surface area contributed by atoms with Crippen LogP contribution in [0, 0.1) is 0 Å². The molecule has 0 aliphatic carbocycles. The molecule has 0 spiro atoms. The summed E-state index contributed by atoms with van der Waals surface area (Å²) in [6.45, 7) is 1.29. The van der Waals surface area contributed by atoms with Gasteiger partial charge in [0.15, 0.2) is 5.96 Å². The molecule has 0 heterocycles.